The lowest BCUT2D eigenvalue weighted by Gasteiger charge is -2.47. The highest BCUT2D eigenvalue weighted by molar-refractivity contribution is 5.85. The van der Waals surface area contributed by atoms with E-state index in [1.165, 1.54) is 10.6 Å². The Kier molecular flexibility index (Phi) is 33.3. The predicted octanol–water partition coefficient (Wildman–Crippen LogP) is 31.2. The van der Waals surface area contributed by atoms with Crippen LogP contribution in [0.5, 0.6) is 0 Å². The average Bonchev–Trinajstić information content (AvgIpc) is 0.674. The maximum Gasteiger partial charge on any atom is 0.460 e. The molecule has 2 atom stereocenters. The van der Waals surface area contributed by atoms with E-state index in [0.29, 0.717) is 48.5 Å². The van der Waals surface area contributed by atoms with Gasteiger partial charge in [0.2, 0.25) is 0 Å². The summed E-state index contributed by atoms with van der Waals surface area (Å²) in [4.78, 5) is 24.6. The van der Waals surface area contributed by atoms with Gasteiger partial charge >= 0.3 is 250 Å². The Bertz CT molecular complexity index is 4730. The standard InChI is InChI=1S/C61H24F82N2O4/c1-14(12-22(62,63)24(66,67)26(70,71)28(74,75)30(78,79)32(82,83)34(86,87)36(90,91)38(94,95)40(98,99)42(102,103)44(106,107)46(110,111)48(114,115)50(118,119)52(122,123)54(126,127)56(130,131)58(134,135)60(138,139)140)148-20(146)144-18-7-3-16(4-8-18)11-17-5-9-19(10-6-17)145-21(147)149-15(2)13-23(64,65)25(68,69)27(72,73)29(76,77)31(80,81)33(84,85)35(88,89)37(92,93)39(96,97)41(100,101)43(104,105)45(108,109)47(112,113)49(116,117)51(120,121)53(124,125)55(128,129)57(132,133)59(136,137)61(141,142)143/h3-10,14-15H,11-13H2,1-2H3,(H,144,146)(H,145,147). The summed E-state index contributed by atoms with van der Waals surface area (Å²) in [5.41, 5.74) is -2.37. The molecule has 0 saturated heterocycles. The van der Waals surface area contributed by atoms with Gasteiger partial charge in [0.1, 0.15) is 12.2 Å². The van der Waals surface area contributed by atoms with Gasteiger partial charge in [0.15, 0.2) is 0 Å². The second-order valence-corrected chi connectivity index (χ2v) is 29.7. The van der Waals surface area contributed by atoms with E-state index in [-0.39, 0.29) is 11.1 Å². The first-order chi connectivity index (χ1) is 63.7. The number of carbonyl (C=O) groups excluding carboxylic acids is 2. The third-order valence-corrected chi connectivity index (χ3v) is 19.6. The van der Waals surface area contributed by atoms with Gasteiger partial charge in [0.05, 0.1) is 12.8 Å². The Hall–Kier alpha value is -8.76. The maximum absolute atomic E-state index is 14.8. The fourth-order valence-corrected chi connectivity index (χ4v) is 10.5. The van der Waals surface area contributed by atoms with E-state index in [1.807, 2.05) is 0 Å². The molecule has 2 aromatic rings. The molecule has 0 aliphatic heterocycles. The lowest BCUT2D eigenvalue weighted by atomic mass is 9.81. The van der Waals surface area contributed by atoms with Crippen LogP contribution in [-0.4, -0.2) is 262 Å². The smallest absolute Gasteiger partial charge is 0.446 e. The summed E-state index contributed by atoms with van der Waals surface area (Å²) < 4.78 is 1170. The maximum atomic E-state index is 14.8. The molecule has 876 valence electrons. The topological polar surface area (TPSA) is 76.7 Å². The average molecular weight is 2410 g/mol. The lowest BCUT2D eigenvalue weighted by molar-refractivity contribution is -0.495. The van der Waals surface area contributed by atoms with Crippen LogP contribution in [0.1, 0.15) is 37.8 Å². The van der Waals surface area contributed by atoms with Gasteiger partial charge in [-0.15, -0.1) is 0 Å². The molecule has 0 heterocycles. The minimum atomic E-state index is -10.8. The molecule has 0 aromatic heterocycles. The first-order valence-corrected chi connectivity index (χ1v) is 34.3. The van der Waals surface area contributed by atoms with Crippen LogP contribution in [0.2, 0.25) is 0 Å². The molecule has 0 bridgehead atoms. The van der Waals surface area contributed by atoms with Gasteiger partial charge in [-0.25, -0.2) is 9.59 Å². The summed E-state index contributed by atoms with van der Waals surface area (Å²) in [6, 6.07) is 4.59. The number of carbonyl (C=O) groups is 2. The molecule has 149 heavy (non-hydrogen) atoms. The number of benzene rings is 2. The minimum absolute atomic E-state index is 0.255. The van der Waals surface area contributed by atoms with Crippen molar-refractivity contribution >= 4 is 23.6 Å². The highest BCUT2D eigenvalue weighted by Gasteiger charge is 3.08. The predicted molar refractivity (Wildman–Crippen MR) is 304 cm³/mol. The lowest BCUT2D eigenvalue weighted by Crippen LogP contribution is -2.80. The molecule has 0 spiro atoms. The number of amides is 2. The number of anilines is 2. The Labute approximate surface area is 756 Å². The van der Waals surface area contributed by atoms with Crippen LogP contribution >= 0.6 is 0 Å². The molecule has 0 aliphatic rings. The van der Waals surface area contributed by atoms with E-state index in [2.05, 4.69) is 9.47 Å². The molecule has 6 nitrogen and oxygen atoms in total. The van der Waals surface area contributed by atoms with Crippen molar-refractivity contribution in [2.45, 2.75) is 283 Å². The summed E-state index contributed by atoms with van der Waals surface area (Å²) in [6.07, 6.45) is -37.9. The van der Waals surface area contributed by atoms with Crippen molar-refractivity contribution in [1.82, 2.24) is 0 Å². The number of rotatable bonds is 46. The molecule has 0 radical (unpaired) electrons. The largest absolute Gasteiger partial charge is 0.460 e. The van der Waals surface area contributed by atoms with Crippen molar-refractivity contribution in [2.24, 2.45) is 0 Å². The third kappa shape index (κ3) is 17.9. The molecule has 0 aliphatic carbocycles. The molecular formula is C61H24F82N2O4. The van der Waals surface area contributed by atoms with Crippen LogP contribution in [-0.2, 0) is 15.9 Å². The van der Waals surface area contributed by atoms with Crippen molar-refractivity contribution in [2.75, 3.05) is 10.6 Å². The molecule has 0 saturated carbocycles. The third-order valence-electron chi connectivity index (χ3n) is 19.6. The Morgan fingerprint density at radius 1 is 0.174 bits per heavy atom. The van der Waals surface area contributed by atoms with E-state index < -0.39 is 306 Å². The minimum Gasteiger partial charge on any atom is -0.446 e. The monoisotopic (exact) mass is 2410 g/mol. The number of hydrogen-bond acceptors (Lipinski definition) is 4. The fraction of sp³-hybridized carbons (Fsp3) is 0.770. The van der Waals surface area contributed by atoms with Crippen molar-refractivity contribution in [3.05, 3.63) is 59.7 Å². The first-order valence-electron chi connectivity index (χ1n) is 34.3. The van der Waals surface area contributed by atoms with E-state index in [9.17, 15) is 370 Å². The summed E-state index contributed by atoms with van der Waals surface area (Å²) >= 11 is 0. The van der Waals surface area contributed by atoms with Crippen LogP contribution < -0.4 is 10.6 Å². The molecular weight excluding hydrogens is 2380 g/mol. The molecule has 2 N–H and O–H groups in total. The second kappa shape index (κ2) is 36.4. The fourth-order valence-electron chi connectivity index (χ4n) is 10.5. The van der Waals surface area contributed by atoms with Gasteiger partial charge in [0.25, 0.3) is 0 Å². The highest BCUT2D eigenvalue weighted by Crippen LogP contribution is 2.77. The summed E-state index contributed by atoms with van der Waals surface area (Å²) in [6.45, 7) is -0.819. The second-order valence-electron chi connectivity index (χ2n) is 29.7. The molecule has 88 heteroatoms. The number of hydrogen-bond donors (Lipinski definition) is 2. The van der Waals surface area contributed by atoms with Crippen molar-refractivity contribution in [3.63, 3.8) is 0 Å². The van der Waals surface area contributed by atoms with E-state index in [0.717, 1.165) is 0 Å². The van der Waals surface area contributed by atoms with Crippen LogP contribution in [0.3, 0.4) is 0 Å². The summed E-state index contributed by atoms with van der Waals surface area (Å²) in [7, 11) is 0. The van der Waals surface area contributed by atoms with Gasteiger partial charge in [-0.3, -0.25) is 10.6 Å². The van der Waals surface area contributed by atoms with Gasteiger partial charge in [-0.05, 0) is 55.7 Å². The molecule has 2 aromatic carbocycles. The zero-order chi connectivity index (χ0) is 121. The first kappa shape index (κ1) is 136. The Morgan fingerprint density at radius 3 is 0.383 bits per heavy atom. The van der Waals surface area contributed by atoms with E-state index in [4.69, 9.17) is 0 Å². The van der Waals surface area contributed by atoms with E-state index in [1.54, 1.807) is 0 Å². The van der Waals surface area contributed by atoms with E-state index >= 15 is 0 Å². The van der Waals surface area contributed by atoms with Crippen LogP contribution in [0.25, 0.3) is 0 Å². The Morgan fingerprint density at radius 2 is 0.275 bits per heavy atom. The SMILES string of the molecule is CC(CC(F)(F)C(F)(F)C(F)(F)C(F)(F)C(F)(F)C(F)(F)C(F)(F)C(F)(F)C(F)(F)C(F)(F)C(F)(F)C(F)(F)C(F)(F)C(F)(F)C(F)(F)C(F)(F)C(F)(F)C(F)(F)C(F)(F)C(F)(F)F)OC(=O)Nc1ccc(Cc2ccc(NC(=O)OC(C)CC(F)(F)C(F)(F)C(F)(F)C(F)(F)C(F)(F)C(F)(F)C(F)(F)C(F)(F)C(F)(F)C(F)(F)C(F)(F)C(F)(F)C(F)(F)C(F)(F)C(F)(F)C(F)(F)C(F)(F)C(F)(F)C(F)(F)C(F)(F)F)cc2)cc1. The van der Waals surface area contributed by atoms with Gasteiger partial charge < -0.3 is 9.47 Å². The quantitative estimate of drug-likeness (QED) is 0.0648. The van der Waals surface area contributed by atoms with Crippen molar-refractivity contribution < 1.29 is 379 Å². The van der Waals surface area contributed by atoms with Gasteiger partial charge in [-0.1, -0.05) is 24.3 Å². The summed E-state index contributed by atoms with van der Waals surface area (Å²) in [5, 5.41) is 2.57. The van der Waals surface area contributed by atoms with Gasteiger partial charge in [-0.2, -0.15) is 360 Å². The number of halogens is 82. The Balaban J connectivity index is 2.44. The van der Waals surface area contributed by atoms with Crippen LogP contribution in [0.15, 0.2) is 48.5 Å². The number of nitrogens with one attached hydrogen (secondary N) is 2. The molecule has 2 amide bonds. The highest BCUT2D eigenvalue weighted by atomic mass is 19.5. The number of ether oxygens (including phenoxy) is 2. The summed E-state index contributed by atoms with van der Waals surface area (Å²) in [5.74, 6) is -387. The normalized spacial score (nSPS) is 16.9. The van der Waals surface area contributed by atoms with Crippen LogP contribution in [0, 0.1) is 0 Å². The number of alkyl halides is 82. The zero-order valence-corrected chi connectivity index (χ0v) is 66.5. The van der Waals surface area contributed by atoms with Crippen LogP contribution in [0.4, 0.5) is 381 Å². The van der Waals surface area contributed by atoms with Crippen molar-refractivity contribution in [1.29, 1.82) is 0 Å². The zero-order valence-electron chi connectivity index (χ0n) is 66.5. The molecule has 0 fully saturated rings. The molecule has 2 unspecified atom stereocenters. The van der Waals surface area contributed by atoms with Gasteiger partial charge in [0, 0.05) is 11.4 Å². The van der Waals surface area contributed by atoms with Crippen molar-refractivity contribution in [3.8, 4) is 0 Å². The molecule has 2 rings (SSSR count).